The van der Waals surface area contributed by atoms with Crippen molar-refractivity contribution in [1.29, 1.82) is 0 Å². The number of carbonyl (C=O) groups is 1. The van der Waals surface area contributed by atoms with Gasteiger partial charge in [0.05, 0.1) is 17.0 Å². The molecule has 3 aromatic carbocycles. The number of amides is 1. The fourth-order valence-corrected chi connectivity index (χ4v) is 4.18. The van der Waals surface area contributed by atoms with Crippen LogP contribution in [0.4, 0.5) is 15.8 Å². The number of benzene rings is 3. The standard InChI is InChI=1S/C28H26FN5O/c1-33(2)16-17-34-15-14-30-27(34)20-8-11-22(12-9-20)31-26(19-6-4-3-5-7-19)25-23-13-10-21(29)18-24(23)32-28(25)35/h3-15,18,31H,16-17H2,1-2H3,(H,32,35)/b26-25-. The molecule has 0 saturated carbocycles. The first-order valence-corrected chi connectivity index (χ1v) is 11.4. The topological polar surface area (TPSA) is 62.2 Å². The van der Waals surface area contributed by atoms with Crippen molar-refractivity contribution >= 4 is 28.6 Å². The maximum Gasteiger partial charge on any atom is 0.258 e. The number of hydrogen-bond acceptors (Lipinski definition) is 4. The summed E-state index contributed by atoms with van der Waals surface area (Å²) < 4.78 is 15.9. The Hall–Kier alpha value is -4.23. The molecule has 0 saturated heterocycles. The molecule has 1 aliphatic rings. The fourth-order valence-electron chi connectivity index (χ4n) is 4.18. The van der Waals surface area contributed by atoms with Crippen molar-refractivity contribution in [1.82, 2.24) is 14.5 Å². The van der Waals surface area contributed by atoms with Crippen molar-refractivity contribution in [2.45, 2.75) is 6.54 Å². The van der Waals surface area contributed by atoms with Gasteiger partial charge in [-0.25, -0.2) is 9.37 Å². The van der Waals surface area contributed by atoms with E-state index >= 15 is 0 Å². The van der Waals surface area contributed by atoms with Crippen LogP contribution in [-0.4, -0.2) is 41.0 Å². The summed E-state index contributed by atoms with van der Waals surface area (Å²) in [5.41, 5.74) is 4.98. The summed E-state index contributed by atoms with van der Waals surface area (Å²) in [7, 11) is 4.10. The van der Waals surface area contributed by atoms with Crippen LogP contribution in [0.15, 0.2) is 85.2 Å². The SMILES string of the molecule is CN(C)CCn1ccnc1-c1ccc(N/C(=C2\C(=O)Nc3cc(F)ccc32)c2ccccc2)cc1. The summed E-state index contributed by atoms with van der Waals surface area (Å²) in [4.78, 5) is 19.6. The zero-order valence-corrected chi connectivity index (χ0v) is 19.6. The summed E-state index contributed by atoms with van der Waals surface area (Å²) in [6.07, 6.45) is 3.80. The Kier molecular flexibility index (Phi) is 6.16. The Bertz CT molecular complexity index is 1390. The van der Waals surface area contributed by atoms with Gasteiger partial charge in [0.15, 0.2) is 0 Å². The van der Waals surface area contributed by atoms with Gasteiger partial charge in [-0.05, 0) is 62.1 Å². The van der Waals surface area contributed by atoms with Crippen molar-refractivity contribution in [3.05, 3.63) is 102 Å². The molecule has 7 heteroatoms. The molecule has 1 aliphatic heterocycles. The number of rotatable bonds is 7. The lowest BCUT2D eigenvalue weighted by Crippen LogP contribution is -2.18. The van der Waals surface area contributed by atoms with E-state index in [0.717, 1.165) is 35.7 Å². The predicted molar refractivity (Wildman–Crippen MR) is 138 cm³/mol. The number of nitrogens with one attached hydrogen (secondary N) is 2. The van der Waals surface area contributed by atoms with E-state index in [9.17, 15) is 9.18 Å². The highest BCUT2D eigenvalue weighted by Crippen LogP contribution is 2.38. The van der Waals surface area contributed by atoms with Gasteiger partial charge in [-0.3, -0.25) is 4.79 Å². The molecule has 0 aliphatic carbocycles. The number of carbonyl (C=O) groups excluding carboxylic acids is 1. The van der Waals surface area contributed by atoms with Crippen molar-refractivity contribution in [2.75, 3.05) is 31.3 Å². The fraction of sp³-hybridized carbons (Fsp3) is 0.143. The second kappa shape index (κ2) is 9.56. The van der Waals surface area contributed by atoms with Crippen molar-refractivity contribution < 1.29 is 9.18 Å². The maximum atomic E-state index is 13.8. The van der Waals surface area contributed by atoms with Crippen LogP contribution in [0.5, 0.6) is 0 Å². The molecule has 4 aromatic rings. The van der Waals surface area contributed by atoms with Gasteiger partial charge in [0.1, 0.15) is 11.6 Å². The maximum absolute atomic E-state index is 13.8. The monoisotopic (exact) mass is 467 g/mol. The Balaban J connectivity index is 1.50. The van der Waals surface area contributed by atoms with Gasteiger partial charge in [-0.2, -0.15) is 0 Å². The van der Waals surface area contributed by atoms with Gasteiger partial charge in [0.2, 0.25) is 0 Å². The minimum atomic E-state index is -0.390. The van der Waals surface area contributed by atoms with E-state index in [2.05, 4.69) is 39.2 Å². The van der Waals surface area contributed by atoms with Crippen molar-refractivity contribution in [2.24, 2.45) is 0 Å². The zero-order valence-electron chi connectivity index (χ0n) is 19.6. The molecule has 35 heavy (non-hydrogen) atoms. The molecule has 0 atom stereocenters. The Labute approximate surface area is 203 Å². The molecule has 0 bridgehead atoms. The molecule has 0 radical (unpaired) electrons. The van der Waals surface area contributed by atoms with E-state index in [0.29, 0.717) is 22.5 Å². The number of nitrogens with zero attached hydrogens (tertiary/aromatic N) is 3. The normalized spacial score (nSPS) is 14.1. The number of hydrogen-bond donors (Lipinski definition) is 2. The number of halogens is 1. The number of anilines is 2. The van der Waals surface area contributed by atoms with Crippen molar-refractivity contribution in [3.8, 4) is 11.4 Å². The summed E-state index contributed by atoms with van der Waals surface area (Å²) in [6.45, 7) is 1.77. The molecular formula is C28H26FN5O. The molecule has 5 rings (SSSR count). The quantitative estimate of drug-likeness (QED) is 0.368. The first-order chi connectivity index (χ1) is 17.0. The minimum Gasteiger partial charge on any atom is -0.354 e. The third-order valence-electron chi connectivity index (χ3n) is 5.95. The molecule has 2 N–H and O–H groups in total. The number of aromatic nitrogens is 2. The van der Waals surface area contributed by atoms with Crippen LogP contribution in [0, 0.1) is 5.82 Å². The van der Waals surface area contributed by atoms with E-state index in [4.69, 9.17) is 0 Å². The third kappa shape index (κ3) is 4.72. The number of imidazole rings is 1. The summed E-state index contributed by atoms with van der Waals surface area (Å²) in [6, 6.07) is 22.0. The van der Waals surface area contributed by atoms with E-state index in [1.54, 1.807) is 6.07 Å². The van der Waals surface area contributed by atoms with Crippen LogP contribution < -0.4 is 10.6 Å². The second-order valence-electron chi connectivity index (χ2n) is 8.71. The summed E-state index contributed by atoms with van der Waals surface area (Å²) in [5, 5.41) is 6.23. The molecule has 0 spiro atoms. The lowest BCUT2D eigenvalue weighted by atomic mass is 10.00. The largest absolute Gasteiger partial charge is 0.354 e. The van der Waals surface area contributed by atoms with Crippen molar-refractivity contribution in [3.63, 3.8) is 0 Å². The lowest BCUT2D eigenvalue weighted by molar-refractivity contribution is -0.110. The summed E-state index contributed by atoms with van der Waals surface area (Å²) in [5.74, 6) is 0.252. The van der Waals surface area contributed by atoms with Gasteiger partial charge in [-0.15, -0.1) is 0 Å². The first-order valence-electron chi connectivity index (χ1n) is 11.4. The third-order valence-corrected chi connectivity index (χ3v) is 5.95. The Morgan fingerprint density at radius 2 is 1.83 bits per heavy atom. The van der Waals surface area contributed by atoms with Gasteiger partial charge in [0.25, 0.3) is 5.91 Å². The Morgan fingerprint density at radius 1 is 1.06 bits per heavy atom. The molecule has 1 aromatic heterocycles. The Morgan fingerprint density at radius 3 is 2.57 bits per heavy atom. The highest BCUT2D eigenvalue weighted by Gasteiger charge is 2.28. The minimum absolute atomic E-state index is 0.267. The van der Waals surface area contributed by atoms with E-state index < -0.39 is 0 Å². The number of likely N-dealkylation sites (N-methyl/N-ethyl adjacent to an activating group) is 1. The van der Waals surface area contributed by atoms with Gasteiger partial charge in [0, 0.05) is 42.3 Å². The van der Waals surface area contributed by atoms with Crippen LogP contribution in [-0.2, 0) is 11.3 Å². The van der Waals surface area contributed by atoms with Gasteiger partial charge < -0.3 is 20.1 Å². The number of fused-ring (bicyclic) bond motifs is 1. The van der Waals surface area contributed by atoms with Crippen LogP contribution in [0.1, 0.15) is 11.1 Å². The van der Waals surface area contributed by atoms with E-state index in [-0.39, 0.29) is 11.7 Å². The smallest absolute Gasteiger partial charge is 0.258 e. The molecule has 0 unspecified atom stereocenters. The van der Waals surface area contributed by atoms with Gasteiger partial charge >= 0.3 is 0 Å². The second-order valence-corrected chi connectivity index (χ2v) is 8.71. The highest BCUT2D eigenvalue weighted by molar-refractivity contribution is 6.37. The molecule has 176 valence electrons. The average Bonchev–Trinajstić information content (AvgIpc) is 3.45. The van der Waals surface area contributed by atoms with Crippen LogP contribution in [0.25, 0.3) is 22.7 Å². The van der Waals surface area contributed by atoms with Gasteiger partial charge in [-0.1, -0.05) is 30.3 Å². The average molecular weight is 468 g/mol. The van der Waals surface area contributed by atoms with E-state index in [1.807, 2.05) is 67.0 Å². The first kappa shape index (κ1) is 22.6. The molecule has 6 nitrogen and oxygen atoms in total. The molecule has 0 fully saturated rings. The van der Waals surface area contributed by atoms with Crippen LogP contribution in [0.3, 0.4) is 0 Å². The molecule has 2 heterocycles. The zero-order chi connectivity index (χ0) is 24.4. The molecular weight excluding hydrogens is 441 g/mol. The predicted octanol–water partition coefficient (Wildman–Crippen LogP) is 5.18. The molecule has 1 amide bonds. The highest BCUT2D eigenvalue weighted by atomic mass is 19.1. The van der Waals surface area contributed by atoms with Crippen LogP contribution >= 0.6 is 0 Å². The van der Waals surface area contributed by atoms with Crippen LogP contribution in [0.2, 0.25) is 0 Å². The summed E-state index contributed by atoms with van der Waals surface area (Å²) >= 11 is 0. The lowest BCUT2D eigenvalue weighted by Gasteiger charge is -2.16. The van der Waals surface area contributed by atoms with E-state index in [1.165, 1.54) is 12.1 Å².